The van der Waals surface area contributed by atoms with Crippen molar-refractivity contribution in [2.45, 2.75) is 57.6 Å². The zero-order valence-electron chi connectivity index (χ0n) is 11.9. The van der Waals surface area contributed by atoms with Gasteiger partial charge in [0, 0.05) is 5.54 Å². The van der Waals surface area contributed by atoms with E-state index in [0.717, 1.165) is 12.8 Å². The summed E-state index contributed by atoms with van der Waals surface area (Å²) in [5.41, 5.74) is 3.06. The number of rotatable bonds is 7. The predicted octanol–water partition coefficient (Wildman–Crippen LogP) is 0.275. The fraction of sp³-hybridized carbons (Fsp3) is 0.750. The first kappa shape index (κ1) is 20.6. The Labute approximate surface area is 117 Å². The molecule has 0 heterocycles. The van der Waals surface area contributed by atoms with E-state index < -0.39 is 36.4 Å². The number of carbonyl (C=O) groups is 3. The average Bonchev–Trinajstić information content (AvgIpc) is 2.27. The highest BCUT2D eigenvalue weighted by molar-refractivity contribution is 5.88. The van der Waals surface area contributed by atoms with E-state index in [0.29, 0.717) is 0 Å². The number of hydrogen-bond acceptors (Lipinski definition) is 5. The highest BCUT2D eigenvalue weighted by Gasteiger charge is 2.40. The van der Waals surface area contributed by atoms with Crippen molar-refractivity contribution < 1.29 is 34.8 Å². The number of aliphatic hydroxyl groups is 1. The van der Waals surface area contributed by atoms with Crippen LogP contribution in [0.5, 0.6) is 0 Å². The van der Waals surface area contributed by atoms with Crippen molar-refractivity contribution >= 4 is 17.9 Å². The summed E-state index contributed by atoms with van der Waals surface area (Å²) in [4.78, 5) is 30.5. The van der Waals surface area contributed by atoms with Gasteiger partial charge in [0.2, 0.25) is 0 Å². The van der Waals surface area contributed by atoms with Gasteiger partial charge in [-0.3, -0.25) is 9.59 Å². The molecule has 0 saturated carbocycles. The molecule has 0 spiro atoms. The summed E-state index contributed by atoms with van der Waals surface area (Å²) in [6.07, 6.45) is -0.143. The van der Waals surface area contributed by atoms with E-state index in [1.54, 1.807) is 0 Å². The van der Waals surface area contributed by atoms with Crippen molar-refractivity contribution in [1.82, 2.24) is 0 Å². The van der Waals surface area contributed by atoms with Crippen LogP contribution in [0.3, 0.4) is 0 Å². The number of nitrogens with two attached hydrogens (primary N) is 1. The molecule has 0 saturated heterocycles. The van der Waals surface area contributed by atoms with Crippen molar-refractivity contribution in [3.63, 3.8) is 0 Å². The third-order valence-electron chi connectivity index (χ3n) is 2.90. The Kier molecular flexibility index (Phi) is 8.76. The van der Waals surface area contributed by atoms with Crippen LogP contribution < -0.4 is 5.73 Å². The van der Waals surface area contributed by atoms with Crippen LogP contribution in [0.4, 0.5) is 0 Å². The molecule has 0 aliphatic heterocycles. The molecule has 0 aromatic rings. The summed E-state index contributed by atoms with van der Waals surface area (Å²) >= 11 is 0. The van der Waals surface area contributed by atoms with Gasteiger partial charge >= 0.3 is 17.9 Å². The van der Waals surface area contributed by atoms with E-state index in [4.69, 9.17) is 26.2 Å². The topological polar surface area (TPSA) is 158 Å². The molecule has 0 atom stereocenters. The van der Waals surface area contributed by atoms with Crippen LogP contribution in [-0.4, -0.2) is 49.5 Å². The molecule has 0 bridgehead atoms. The van der Waals surface area contributed by atoms with Crippen LogP contribution in [0, 0.1) is 0 Å². The van der Waals surface area contributed by atoms with E-state index in [1.165, 1.54) is 0 Å². The quantitative estimate of drug-likeness (QED) is 0.447. The maximum Gasteiger partial charge on any atom is 0.336 e. The van der Waals surface area contributed by atoms with Crippen LogP contribution in [0.2, 0.25) is 0 Å². The lowest BCUT2D eigenvalue weighted by Gasteiger charge is -2.18. The molecule has 0 unspecified atom stereocenters. The third kappa shape index (κ3) is 9.29. The SMILES string of the molecule is CCC(C)(N)CC.O=C(O)CC(O)(CC(=O)O)C(=O)O. The third-order valence-corrected chi connectivity index (χ3v) is 2.90. The minimum Gasteiger partial charge on any atom is -0.481 e. The van der Waals surface area contributed by atoms with Crippen molar-refractivity contribution in [2.24, 2.45) is 5.73 Å². The van der Waals surface area contributed by atoms with Crippen molar-refractivity contribution in [1.29, 1.82) is 0 Å². The van der Waals surface area contributed by atoms with E-state index in [2.05, 4.69) is 20.8 Å². The van der Waals surface area contributed by atoms with E-state index in [-0.39, 0.29) is 5.54 Å². The predicted molar refractivity (Wildman–Crippen MR) is 70.3 cm³/mol. The second-order valence-corrected chi connectivity index (χ2v) is 4.84. The van der Waals surface area contributed by atoms with Crippen molar-refractivity contribution in [3.05, 3.63) is 0 Å². The molecule has 6 N–H and O–H groups in total. The molecular formula is C12H23NO7. The number of aliphatic carboxylic acids is 3. The molecule has 0 rings (SSSR count). The molecule has 0 aliphatic carbocycles. The maximum atomic E-state index is 10.3. The van der Waals surface area contributed by atoms with Crippen LogP contribution in [0.1, 0.15) is 46.5 Å². The molecule has 8 heteroatoms. The van der Waals surface area contributed by atoms with Gasteiger partial charge in [-0.2, -0.15) is 0 Å². The molecule has 0 amide bonds. The van der Waals surface area contributed by atoms with Crippen LogP contribution in [0.25, 0.3) is 0 Å². The van der Waals surface area contributed by atoms with Gasteiger partial charge in [-0.05, 0) is 19.8 Å². The maximum absolute atomic E-state index is 10.3. The molecule has 20 heavy (non-hydrogen) atoms. The normalized spacial score (nSPS) is 11.2. The summed E-state index contributed by atoms with van der Waals surface area (Å²) in [6, 6.07) is 0. The Morgan fingerprint density at radius 3 is 1.35 bits per heavy atom. The largest absolute Gasteiger partial charge is 0.481 e. The fourth-order valence-electron chi connectivity index (χ4n) is 0.964. The molecule has 0 radical (unpaired) electrons. The molecule has 8 nitrogen and oxygen atoms in total. The summed E-state index contributed by atoms with van der Waals surface area (Å²) < 4.78 is 0. The van der Waals surface area contributed by atoms with Gasteiger partial charge in [-0.15, -0.1) is 0 Å². The van der Waals surface area contributed by atoms with Gasteiger partial charge in [-0.1, -0.05) is 13.8 Å². The average molecular weight is 293 g/mol. The van der Waals surface area contributed by atoms with Gasteiger partial charge < -0.3 is 26.2 Å². The number of carboxylic acid groups (broad SMARTS) is 3. The Morgan fingerprint density at radius 2 is 1.25 bits per heavy atom. The smallest absolute Gasteiger partial charge is 0.336 e. The highest BCUT2D eigenvalue weighted by Crippen LogP contribution is 2.15. The van der Waals surface area contributed by atoms with Crippen LogP contribution >= 0.6 is 0 Å². The standard InChI is InChI=1S/C6H15N.C6H8O7/c1-4-6(3,7)5-2;7-3(8)1-6(13,5(11)12)2-4(9)10/h4-5,7H2,1-3H3;13H,1-2H2,(H,7,8)(H,9,10)(H,11,12). The summed E-state index contributed by atoms with van der Waals surface area (Å²) in [5, 5.41) is 33.8. The minimum absolute atomic E-state index is 0.0833. The zero-order valence-corrected chi connectivity index (χ0v) is 11.9. The zero-order chi connectivity index (χ0) is 16.6. The van der Waals surface area contributed by atoms with Crippen LogP contribution in [-0.2, 0) is 14.4 Å². The Balaban J connectivity index is 0. The second-order valence-electron chi connectivity index (χ2n) is 4.84. The van der Waals surface area contributed by atoms with Crippen LogP contribution in [0.15, 0.2) is 0 Å². The van der Waals surface area contributed by atoms with Crippen molar-refractivity contribution in [2.75, 3.05) is 0 Å². The van der Waals surface area contributed by atoms with Gasteiger partial charge in [-0.25, -0.2) is 4.79 Å². The lowest BCUT2D eigenvalue weighted by atomic mass is 9.96. The molecular weight excluding hydrogens is 270 g/mol. The Morgan fingerprint density at radius 1 is 0.950 bits per heavy atom. The van der Waals surface area contributed by atoms with E-state index in [9.17, 15) is 14.4 Å². The Bertz CT molecular complexity index is 330. The number of carboxylic acids is 3. The molecule has 0 aromatic carbocycles. The molecule has 0 aromatic heterocycles. The van der Waals surface area contributed by atoms with E-state index >= 15 is 0 Å². The first-order valence-electron chi connectivity index (χ1n) is 6.08. The first-order chi connectivity index (χ1) is 8.90. The summed E-state index contributed by atoms with van der Waals surface area (Å²) in [7, 11) is 0. The van der Waals surface area contributed by atoms with Gasteiger partial charge in [0.15, 0.2) is 5.60 Å². The van der Waals surface area contributed by atoms with Gasteiger partial charge in [0.1, 0.15) is 0 Å². The molecule has 0 aliphatic rings. The van der Waals surface area contributed by atoms with Gasteiger partial charge in [0.25, 0.3) is 0 Å². The second kappa shape index (κ2) is 8.49. The van der Waals surface area contributed by atoms with E-state index in [1.807, 2.05) is 0 Å². The lowest BCUT2D eigenvalue weighted by molar-refractivity contribution is -0.170. The first-order valence-corrected chi connectivity index (χ1v) is 6.08. The fourth-order valence-corrected chi connectivity index (χ4v) is 0.964. The summed E-state index contributed by atoms with van der Waals surface area (Å²) in [5.74, 6) is -5.02. The molecule has 118 valence electrons. The monoisotopic (exact) mass is 293 g/mol. The highest BCUT2D eigenvalue weighted by atomic mass is 16.4. The number of hydrogen-bond donors (Lipinski definition) is 5. The summed E-state index contributed by atoms with van der Waals surface area (Å²) in [6.45, 7) is 6.31. The van der Waals surface area contributed by atoms with Crippen molar-refractivity contribution in [3.8, 4) is 0 Å². The lowest BCUT2D eigenvalue weighted by Crippen LogP contribution is -2.42. The minimum atomic E-state index is -2.74. The van der Waals surface area contributed by atoms with Gasteiger partial charge in [0.05, 0.1) is 12.8 Å². The Hall–Kier alpha value is -1.67. The molecule has 0 fully saturated rings.